The van der Waals surface area contributed by atoms with Gasteiger partial charge in [-0.25, -0.2) is 0 Å². The molecular formula is C16H20O. The third-order valence-corrected chi connectivity index (χ3v) is 4.85. The second-order valence-corrected chi connectivity index (χ2v) is 5.79. The second kappa shape index (κ2) is 3.71. The van der Waals surface area contributed by atoms with Crippen molar-refractivity contribution in [1.82, 2.24) is 0 Å². The predicted molar refractivity (Wildman–Crippen MR) is 70.1 cm³/mol. The SMILES string of the molecule is C=CC(C)C1(O)CC2CC(C1)c1ccccc12. The van der Waals surface area contributed by atoms with Crippen molar-refractivity contribution in [2.45, 2.75) is 43.6 Å². The molecule has 0 heterocycles. The summed E-state index contributed by atoms with van der Waals surface area (Å²) in [5.41, 5.74) is 2.41. The third kappa shape index (κ3) is 1.56. The third-order valence-electron chi connectivity index (χ3n) is 4.85. The minimum Gasteiger partial charge on any atom is -0.389 e. The molecule has 1 aromatic carbocycles. The molecule has 1 heteroatoms. The van der Waals surface area contributed by atoms with E-state index >= 15 is 0 Å². The second-order valence-electron chi connectivity index (χ2n) is 5.79. The Morgan fingerprint density at radius 3 is 2.29 bits per heavy atom. The van der Waals surface area contributed by atoms with Crippen LogP contribution in [0.15, 0.2) is 36.9 Å². The summed E-state index contributed by atoms with van der Waals surface area (Å²) in [4.78, 5) is 0. The Morgan fingerprint density at radius 2 is 1.82 bits per heavy atom. The zero-order valence-corrected chi connectivity index (χ0v) is 10.4. The highest BCUT2D eigenvalue weighted by Gasteiger charge is 2.47. The zero-order valence-electron chi connectivity index (χ0n) is 10.4. The molecular weight excluding hydrogens is 208 g/mol. The number of hydrogen-bond acceptors (Lipinski definition) is 1. The summed E-state index contributed by atoms with van der Waals surface area (Å²) in [6.45, 7) is 5.93. The molecule has 3 rings (SSSR count). The predicted octanol–water partition coefficient (Wildman–Crippen LogP) is 3.60. The topological polar surface area (TPSA) is 20.2 Å². The van der Waals surface area contributed by atoms with Crippen LogP contribution in [0.4, 0.5) is 0 Å². The Labute approximate surface area is 103 Å². The summed E-state index contributed by atoms with van der Waals surface area (Å²) in [5.74, 6) is 1.29. The molecule has 3 atom stereocenters. The highest BCUT2D eigenvalue weighted by Crippen LogP contribution is 2.55. The van der Waals surface area contributed by atoms with Crippen LogP contribution in [0.1, 0.15) is 49.1 Å². The summed E-state index contributed by atoms with van der Waals surface area (Å²) in [5, 5.41) is 10.8. The van der Waals surface area contributed by atoms with Crippen molar-refractivity contribution < 1.29 is 5.11 Å². The van der Waals surface area contributed by atoms with E-state index in [0.29, 0.717) is 11.8 Å². The van der Waals surface area contributed by atoms with E-state index in [4.69, 9.17) is 0 Å². The van der Waals surface area contributed by atoms with Gasteiger partial charge >= 0.3 is 0 Å². The lowest BCUT2D eigenvalue weighted by atomic mass is 9.70. The molecule has 0 aliphatic heterocycles. The van der Waals surface area contributed by atoms with Gasteiger partial charge in [-0.15, -0.1) is 6.58 Å². The lowest BCUT2D eigenvalue weighted by Gasteiger charge is -2.40. The van der Waals surface area contributed by atoms with E-state index in [1.807, 2.05) is 6.08 Å². The van der Waals surface area contributed by atoms with Crippen LogP contribution < -0.4 is 0 Å². The van der Waals surface area contributed by atoms with E-state index in [9.17, 15) is 5.11 Å². The average Bonchev–Trinajstić information content (AvgIpc) is 2.62. The molecule has 0 saturated heterocycles. The first-order chi connectivity index (χ1) is 8.14. The first-order valence-corrected chi connectivity index (χ1v) is 6.58. The monoisotopic (exact) mass is 228 g/mol. The van der Waals surface area contributed by atoms with Crippen LogP contribution in [0.3, 0.4) is 0 Å². The van der Waals surface area contributed by atoms with Crippen molar-refractivity contribution in [2.24, 2.45) is 5.92 Å². The highest BCUT2D eigenvalue weighted by atomic mass is 16.3. The molecule has 2 aliphatic rings. The normalized spacial score (nSPS) is 36.4. The molecule has 1 saturated carbocycles. The zero-order chi connectivity index (χ0) is 12.0. The molecule has 0 radical (unpaired) electrons. The lowest BCUT2D eigenvalue weighted by molar-refractivity contribution is -0.0359. The Kier molecular flexibility index (Phi) is 2.41. The van der Waals surface area contributed by atoms with Crippen molar-refractivity contribution in [2.75, 3.05) is 0 Å². The van der Waals surface area contributed by atoms with Gasteiger partial charge in [0, 0.05) is 5.92 Å². The standard InChI is InChI=1S/C16H20O/c1-3-11(2)16(17)9-12-8-13(10-16)15-7-5-4-6-14(12)15/h3-7,11-13,17H,1,8-10H2,2H3. The fourth-order valence-electron chi connectivity index (χ4n) is 3.77. The molecule has 17 heavy (non-hydrogen) atoms. The molecule has 0 aromatic heterocycles. The summed E-state index contributed by atoms with van der Waals surface area (Å²) in [6.07, 6.45) is 4.92. The highest BCUT2D eigenvalue weighted by molar-refractivity contribution is 5.41. The van der Waals surface area contributed by atoms with E-state index in [0.717, 1.165) is 12.8 Å². The smallest absolute Gasteiger partial charge is 0.0719 e. The van der Waals surface area contributed by atoms with Gasteiger partial charge in [0.1, 0.15) is 0 Å². The summed E-state index contributed by atoms with van der Waals surface area (Å²) < 4.78 is 0. The van der Waals surface area contributed by atoms with Gasteiger partial charge in [-0.05, 0) is 42.2 Å². The Balaban J connectivity index is 1.97. The van der Waals surface area contributed by atoms with Crippen LogP contribution in [0, 0.1) is 5.92 Å². The maximum absolute atomic E-state index is 10.8. The first kappa shape index (κ1) is 11.0. The molecule has 1 fully saturated rings. The van der Waals surface area contributed by atoms with Crippen molar-refractivity contribution >= 4 is 0 Å². The largest absolute Gasteiger partial charge is 0.389 e. The minimum absolute atomic E-state index is 0.183. The van der Waals surface area contributed by atoms with Crippen LogP contribution in [-0.4, -0.2) is 10.7 Å². The molecule has 2 bridgehead atoms. The number of hydrogen-bond donors (Lipinski definition) is 1. The van der Waals surface area contributed by atoms with E-state index in [1.54, 1.807) is 0 Å². The van der Waals surface area contributed by atoms with Gasteiger partial charge in [-0.1, -0.05) is 37.3 Å². The quantitative estimate of drug-likeness (QED) is 0.767. The number of benzene rings is 1. The maximum atomic E-state index is 10.8. The van der Waals surface area contributed by atoms with Crippen molar-refractivity contribution in [3.8, 4) is 0 Å². The van der Waals surface area contributed by atoms with Crippen LogP contribution in [0.25, 0.3) is 0 Å². The number of fused-ring (bicyclic) bond motifs is 5. The Morgan fingerprint density at radius 1 is 1.29 bits per heavy atom. The Hall–Kier alpha value is -1.08. The molecule has 2 aliphatic carbocycles. The first-order valence-electron chi connectivity index (χ1n) is 6.58. The number of rotatable bonds is 2. The fourth-order valence-corrected chi connectivity index (χ4v) is 3.77. The summed E-state index contributed by atoms with van der Waals surface area (Å²) in [6, 6.07) is 8.72. The fraction of sp³-hybridized carbons (Fsp3) is 0.500. The molecule has 1 N–H and O–H groups in total. The van der Waals surface area contributed by atoms with Crippen LogP contribution >= 0.6 is 0 Å². The van der Waals surface area contributed by atoms with Gasteiger partial charge in [0.25, 0.3) is 0 Å². The summed E-state index contributed by atoms with van der Waals surface area (Å²) in [7, 11) is 0. The van der Waals surface area contributed by atoms with Crippen molar-refractivity contribution in [1.29, 1.82) is 0 Å². The van der Waals surface area contributed by atoms with Gasteiger partial charge in [0.05, 0.1) is 5.60 Å². The van der Waals surface area contributed by atoms with E-state index in [1.165, 1.54) is 17.5 Å². The van der Waals surface area contributed by atoms with Gasteiger partial charge in [0.15, 0.2) is 0 Å². The van der Waals surface area contributed by atoms with Gasteiger partial charge in [-0.2, -0.15) is 0 Å². The molecule has 1 nitrogen and oxygen atoms in total. The minimum atomic E-state index is -0.547. The maximum Gasteiger partial charge on any atom is 0.0719 e. The van der Waals surface area contributed by atoms with Gasteiger partial charge in [0.2, 0.25) is 0 Å². The molecule has 3 unspecified atom stereocenters. The van der Waals surface area contributed by atoms with Crippen LogP contribution in [-0.2, 0) is 0 Å². The molecule has 0 spiro atoms. The number of aliphatic hydroxyl groups is 1. The Bertz CT molecular complexity index is 418. The van der Waals surface area contributed by atoms with Crippen LogP contribution in [0.5, 0.6) is 0 Å². The van der Waals surface area contributed by atoms with Gasteiger partial charge < -0.3 is 5.11 Å². The molecule has 1 aromatic rings. The van der Waals surface area contributed by atoms with Crippen molar-refractivity contribution in [3.05, 3.63) is 48.0 Å². The van der Waals surface area contributed by atoms with Crippen LogP contribution in [0.2, 0.25) is 0 Å². The average molecular weight is 228 g/mol. The molecule has 90 valence electrons. The van der Waals surface area contributed by atoms with E-state index in [2.05, 4.69) is 37.8 Å². The summed E-state index contributed by atoms with van der Waals surface area (Å²) >= 11 is 0. The molecule has 0 amide bonds. The van der Waals surface area contributed by atoms with Crippen molar-refractivity contribution in [3.63, 3.8) is 0 Å². The van der Waals surface area contributed by atoms with E-state index in [-0.39, 0.29) is 5.92 Å². The van der Waals surface area contributed by atoms with Gasteiger partial charge in [-0.3, -0.25) is 0 Å². The van der Waals surface area contributed by atoms with E-state index < -0.39 is 5.60 Å². The lowest BCUT2D eigenvalue weighted by Crippen LogP contribution is -2.40.